The predicted octanol–water partition coefficient (Wildman–Crippen LogP) is 6.83. The Morgan fingerprint density at radius 1 is 0.387 bits per heavy atom. The maximum Gasteiger partial charge on any atom is 0.331 e. The monoisotopic (exact) mass is 1230 g/mol. The molecule has 2 unspecified atom stereocenters. The molecule has 8 aliphatic carbocycles. The van der Waals surface area contributed by atoms with Gasteiger partial charge in [-0.15, -0.1) is 74.4 Å². The van der Waals surface area contributed by atoms with Gasteiger partial charge in [-0.1, -0.05) is 0 Å². The first-order chi connectivity index (χ1) is 33.0. The number of nitrogens with zero attached hydrogens (tertiary/aromatic N) is 6. The van der Waals surface area contributed by atoms with Crippen molar-refractivity contribution in [3.8, 4) is 0 Å². The highest BCUT2D eigenvalue weighted by atomic mass is 35.5. The lowest BCUT2D eigenvalue weighted by molar-refractivity contribution is -0.0768. The molecule has 20 nitrogen and oxygen atoms in total. The summed E-state index contributed by atoms with van der Waals surface area (Å²) in [5, 5.41) is 0. The van der Waals surface area contributed by atoms with Crippen LogP contribution in [-0.2, 0) is 27.2 Å². The van der Waals surface area contributed by atoms with E-state index < -0.39 is 15.2 Å². The Hall–Kier alpha value is -0.960. The summed E-state index contributed by atoms with van der Waals surface area (Å²) < 4.78 is 55.5. The Kier molecular flexibility index (Phi) is 35.9. The zero-order valence-corrected chi connectivity index (χ0v) is 51.0. The number of halogens is 6. The molecule has 0 aromatic rings. The van der Waals surface area contributed by atoms with Crippen molar-refractivity contribution >= 4 is 113 Å². The van der Waals surface area contributed by atoms with Gasteiger partial charge in [0.15, 0.2) is 23.8 Å². The van der Waals surface area contributed by atoms with E-state index in [-0.39, 0.29) is 121 Å². The van der Waals surface area contributed by atoms with Crippen LogP contribution in [0.4, 0.5) is 0 Å². The number of hydrogen-bond acceptors (Lipinski definition) is 12. The minimum atomic E-state index is -3.49. The van der Waals surface area contributed by atoms with Gasteiger partial charge in [-0.05, 0) is 195 Å². The van der Waals surface area contributed by atoms with Crippen LogP contribution in [0.3, 0.4) is 0 Å². The molecule has 0 aromatic carbocycles. The molecule has 0 saturated heterocycles. The topological polar surface area (TPSA) is 335 Å². The van der Waals surface area contributed by atoms with Crippen LogP contribution in [0.1, 0.15) is 122 Å². The summed E-state index contributed by atoms with van der Waals surface area (Å²) >= 11 is 0. The van der Waals surface area contributed by atoms with Crippen molar-refractivity contribution in [3.05, 3.63) is 0 Å². The Morgan fingerprint density at radius 2 is 0.640 bits per heavy atom. The fraction of sp³-hybridized carbons (Fsp3) is 0.915. The fourth-order valence-electron chi connectivity index (χ4n) is 13.7. The molecule has 75 heavy (non-hydrogen) atoms. The molecule has 8 aliphatic rings. The summed E-state index contributed by atoms with van der Waals surface area (Å²) in [6.07, 6.45) is 20.5. The number of rotatable bonds is 36. The smallest absolute Gasteiger partial charge is 0.331 e. The second-order valence-electron chi connectivity index (χ2n) is 22.1. The quantitative estimate of drug-likeness (QED) is 0.0138. The number of guanidine groups is 4. The van der Waals surface area contributed by atoms with Gasteiger partial charge in [-0.2, -0.15) is 0 Å². The summed E-state index contributed by atoms with van der Waals surface area (Å²) in [4.78, 5) is 21.1. The Balaban J connectivity index is 0.00000913. The van der Waals surface area contributed by atoms with Gasteiger partial charge in [0.25, 0.3) is 0 Å². The third kappa shape index (κ3) is 26.0. The standard InChI is InChI=1S/C47H92N14O6P2.6ClH/c48-42(49)56-8-4-12-60(13-5-9-57-43(50)51)16-20-68(62,66-34-46-28-36-22-37(29-46)24-38(23-36)30-46)64-18-2-1-3-19-65-69(63,67-35-47-31-39-25-40(32-47)27-41(26-39)33-47)21-17-61(14-6-10-58-44(52)53)15-7-11-59-45(54)55;;;;;;/h36-41H,1-35H2,(H4,48,49,56)(H4,50,51,57)(H4,52,53,58)(H4,54,55,59);6*1H. The molecule has 0 aliphatic heterocycles. The maximum atomic E-state index is 14.8. The molecule has 8 fully saturated rings. The van der Waals surface area contributed by atoms with Crippen LogP contribution in [0.2, 0.25) is 0 Å². The van der Waals surface area contributed by atoms with Gasteiger partial charge in [0.1, 0.15) is 0 Å². The highest BCUT2D eigenvalue weighted by Crippen LogP contribution is 2.63. The normalized spacial score (nSPS) is 26.9. The Labute approximate surface area is 486 Å². The van der Waals surface area contributed by atoms with Crippen molar-refractivity contribution in [1.29, 1.82) is 0 Å². The number of nitrogens with two attached hydrogens (primary N) is 8. The van der Waals surface area contributed by atoms with Crippen LogP contribution < -0.4 is 45.9 Å². The average molecular weight is 1230 g/mol. The number of unbranched alkanes of at least 4 members (excludes halogenated alkanes) is 2. The maximum absolute atomic E-state index is 14.8. The van der Waals surface area contributed by atoms with E-state index in [1.54, 1.807) is 0 Å². The predicted molar refractivity (Wildman–Crippen MR) is 321 cm³/mol. The summed E-state index contributed by atoms with van der Waals surface area (Å²) in [7, 11) is -6.97. The second-order valence-corrected chi connectivity index (χ2v) is 26.5. The summed E-state index contributed by atoms with van der Waals surface area (Å²) in [6, 6.07) is 0. The third-order valence-electron chi connectivity index (χ3n) is 15.9. The first kappa shape index (κ1) is 74.0. The lowest BCUT2D eigenvalue weighted by Crippen LogP contribution is -2.48. The molecule has 8 rings (SSSR count). The highest BCUT2D eigenvalue weighted by Gasteiger charge is 2.53. The van der Waals surface area contributed by atoms with Gasteiger partial charge in [-0.25, -0.2) is 0 Å². The van der Waals surface area contributed by atoms with Gasteiger partial charge < -0.3 is 73.8 Å². The van der Waals surface area contributed by atoms with Crippen LogP contribution >= 0.6 is 89.6 Å². The van der Waals surface area contributed by atoms with Gasteiger partial charge >= 0.3 is 15.2 Å². The zero-order chi connectivity index (χ0) is 49.3. The van der Waals surface area contributed by atoms with E-state index in [0.29, 0.717) is 105 Å². The van der Waals surface area contributed by atoms with Crippen molar-refractivity contribution in [2.45, 2.75) is 122 Å². The third-order valence-corrected chi connectivity index (χ3v) is 19.6. The fourth-order valence-corrected chi connectivity index (χ4v) is 17.2. The first-order valence-corrected chi connectivity index (χ1v) is 29.9. The van der Waals surface area contributed by atoms with Crippen LogP contribution in [0.25, 0.3) is 0 Å². The van der Waals surface area contributed by atoms with Crippen molar-refractivity contribution in [2.75, 3.05) is 104 Å². The van der Waals surface area contributed by atoms with Crippen LogP contribution in [0.5, 0.6) is 0 Å². The molecular weight excluding hydrogens is 1130 g/mol. The molecule has 0 radical (unpaired) electrons. The van der Waals surface area contributed by atoms with E-state index in [1.807, 2.05) is 0 Å². The number of hydrogen-bond donors (Lipinski definition) is 8. The van der Waals surface area contributed by atoms with E-state index in [9.17, 15) is 9.13 Å². The van der Waals surface area contributed by atoms with E-state index in [1.165, 1.54) is 38.5 Å². The van der Waals surface area contributed by atoms with E-state index in [4.69, 9.17) is 64.0 Å². The largest absolute Gasteiger partial charge is 0.370 e. The molecule has 2 atom stereocenters. The lowest BCUT2D eigenvalue weighted by atomic mass is 9.50. The lowest BCUT2D eigenvalue weighted by Gasteiger charge is -2.56. The summed E-state index contributed by atoms with van der Waals surface area (Å²) in [5.74, 6) is 4.81. The molecule has 8 bridgehead atoms. The Morgan fingerprint density at radius 3 is 0.880 bits per heavy atom. The molecular formula is C47H98Cl6N14O6P2. The van der Waals surface area contributed by atoms with Crippen LogP contribution in [0, 0.1) is 46.3 Å². The van der Waals surface area contributed by atoms with Gasteiger partial charge in [0.05, 0.1) is 38.8 Å². The van der Waals surface area contributed by atoms with Crippen LogP contribution in [0.15, 0.2) is 20.0 Å². The molecule has 0 spiro atoms. The summed E-state index contributed by atoms with van der Waals surface area (Å²) in [5.41, 5.74) is 44.9. The molecule has 28 heteroatoms. The van der Waals surface area contributed by atoms with Gasteiger partial charge in [0.2, 0.25) is 0 Å². The number of aliphatic imine (C=N–C) groups is 4. The average Bonchev–Trinajstić information content (AvgIpc) is 3.27. The van der Waals surface area contributed by atoms with Crippen molar-refractivity contribution in [1.82, 2.24) is 9.80 Å². The van der Waals surface area contributed by atoms with E-state index >= 15 is 0 Å². The molecule has 16 N–H and O–H groups in total. The summed E-state index contributed by atoms with van der Waals surface area (Å²) in [6.45, 7) is 7.44. The zero-order valence-electron chi connectivity index (χ0n) is 44.3. The highest BCUT2D eigenvalue weighted by molar-refractivity contribution is 7.54. The van der Waals surface area contributed by atoms with E-state index in [2.05, 4.69) is 29.8 Å². The molecule has 8 saturated carbocycles. The van der Waals surface area contributed by atoms with E-state index in [0.717, 1.165) is 106 Å². The molecule has 0 amide bonds. The van der Waals surface area contributed by atoms with Crippen LogP contribution in [-0.4, -0.2) is 138 Å². The van der Waals surface area contributed by atoms with Gasteiger partial charge in [-0.3, -0.25) is 29.1 Å². The van der Waals surface area contributed by atoms with Crippen molar-refractivity contribution < 1.29 is 27.2 Å². The van der Waals surface area contributed by atoms with Crippen molar-refractivity contribution in [2.24, 2.45) is 112 Å². The minimum Gasteiger partial charge on any atom is -0.370 e. The molecule has 444 valence electrons. The SMILES string of the molecule is Cl.Cl.Cl.Cl.Cl.Cl.NC(N)=NCCCN(CCCN=C(N)N)CCP(=O)(OCCCCCOP(=O)(CCN(CCCN=C(N)N)CCCN=C(N)N)OCC12CC3CC(CC(C3)C1)C2)OCC12CC3CC(CC(C3)C1)C2. The Bertz CT molecular complexity index is 1590. The first-order valence-electron chi connectivity index (χ1n) is 26.4. The molecule has 0 aromatic heterocycles. The van der Waals surface area contributed by atoms with Gasteiger partial charge in [0, 0.05) is 39.3 Å². The second kappa shape index (κ2) is 36.4. The molecule has 0 heterocycles. The van der Waals surface area contributed by atoms with Crippen molar-refractivity contribution in [3.63, 3.8) is 0 Å². The minimum absolute atomic E-state index is 0.